The molecule has 2 aliphatic rings. The fourth-order valence-corrected chi connectivity index (χ4v) is 3.68. The highest BCUT2D eigenvalue weighted by atomic mass is 16.4. The third-order valence-electron chi connectivity index (χ3n) is 5.50. The minimum absolute atomic E-state index is 0.0660. The first kappa shape index (κ1) is 18.6. The monoisotopic (exact) mass is 383 g/mol. The van der Waals surface area contributed by atoms with Gasteiger partial charge in [-0.1, -0.05) is 13.8 Å². The van der Waals surface area contributed by atoms with Crippen molar-refractivity contribution in [3.63, 3.8) is 0 Å². The average Bonchev–Trinajstić information content (AvgIpc) is 3.40. The number of aromatic nitrogens is 4. The maximum atomic E-state index is 13.1. The number of carboxylic acids is 1. The number of nitrogens with zero attached hydrogens (tertiary/aromatic N) is 5. The number of fused-ring (bicyclic) bond motifs is 1. The molecule has 148 valence electrons. The molecule has 1 aliphatic carbocycles. The van der Waals surface area contributed by atoms with Gasteiger partial charge in [-0.3, -0.25) is 9.48 Å². The van der Waals surface area contributed by atoms with Crippen molar-refractivity contribution in [2.24, 2.45) is 5.92 Å². The molecule has 0 radical (unpaired) electrons. The summed E-state index contributed by atoms with van der Waals surface area (Å²) in [7, 11) is 0. The summed E-state index contributed by atoms with van der Waals surface area (Å²) in [4.78, 5) is 35.2. The highest BCUT2D eigenvalue weighted by Gasteiger charge is 2.33. The van der Waals surface area contributed by atoms with E-state index in [-0.39, 0.29) is 24.1 Å². The van der Waals surface area contributed by atoms with Crippen molar-refractivity contribution in [2.45, 2.75) is 59.0 Å². The van der Waals surface area contributed by atoms with Gasteiger partial charge in [0.2, 0.25) is 0 Å². The van der Waals surface area contributed by atoms with Crippen LogP contribution in [0.25, 0.3) is 0 Å². The van der Waals surface area contributed by atoms with Crippen molar-refractivity contribution in [3.8, 4) is 0 Å². The number of carboxylic acid groups (broad SMARTS) is 1. The maximum absolute atomic E-state index is 13.1. The van der Waals surface area contributed by atoms with E-state index in [1.54, 1.807) is 11.1 Å². The lowest BCUT2D eigenvalue weighted by molar-refractivity contribution is 0.0673. The number of amides is 1. The minimum Gasteiger partial charge on any atom is -0.476 e. The van der Waals surface area contributed by atoms with Crippen LogP contribution in [0.4, 0.5) is 0 Å². The van der Waals surface area contributed by atoms with Crippen LogP contribution in [0, 0.1) is 12.8 Å². The molecule has 1 N–H and O–H groups in total. The molecular formula is C20H25N5O3. The van der Waals surface area contributed by atoms with Crippen LogP contribution in [0.3, 0.4) is 0 Å². The SMILES string of the molecule is Cc1nc(C(C)C)ncc1C(=O)N1CCc2c(c(C(=O)O)nn2CC2CC2)C1. The van der Waals surface area contributed by atoms with Gasteiger partial charge in [-0.25, -0.2) is 14.8 Å². The molecule has 8 nitrogen and oxygen atoms in total. The number of aromatic carboxylic acids is 1. The maximum Gasteiger partial charge on any atom is 0.356 e. The number of hydrogen-bond donors (Lipinski definition) is 1. The lowest BCUT2D eigenvalue weighted by Gasteiger charge is -2.28. The van der Waals surface area contributed by atoms with Crippen LogP contribution in [0.2, 0.25) is 0 Å². The van der Waals surface area contributed by atoms with Gasteiger partial charge in [-0.2, -0.15) is 5.10 Å². The number of hydrogen-bond acceptors (Lipinski definition) is 5. The van der Waals surface area contributed by atoms with Crippen molar-refractivity contribution in [1.82, 2.24) is 24.6 Å². The summed E-state index contributed by atoms with van der Waals surface area (Å²) in [6, 6.07) is 0. The lowest BCUT2D eigenvalue weighted by atomic mass is 10.0. The lowest BCUT2D eigenvalue weighted by Crippen LogP contribution is -2.37. The summed E-state index contributed by atoms with van der Waals surface area (Å²) in [6.07, 6.45) is 4.54. The fourth-order valence-electron chi connectivity index (χ4n) is 3.68. The van der Waals surface area contributed by atoms with Crippen LogP contribution in [0.1, 0.15) is 76.2 Å². The largest absolute Gasteiger partial charge is 0.476 e. The van der Waals surface area contributed by atoms with Gasteiger partial charge in [0.15, 0.2) is 5.69 Å². The van der Waals surface area contributed by atoms with E-state index < -0.39 is 5.97 Å². The summed E-state index contributed by atoms with van der Waals surface area (Å²) >= 11 is 0. The highest BCUT2D eigenvalue weighted by molar-refractivity contribution is 5.95. The molecule has 3 heterocycles. The summed E-state index contributed by atoms with van der Waals surface area (Å²) < 4.78 is 1.85. The molecule has 8 heteroatoms. The van der Waals surface area contributed by atoms with E-state index in [4.69, 9.17) is 0 Å². The van der Waals surface area contributed by atoms with Crippen molar-refractivity contribution in [1.29, 1.82) is 0 Å². The Balaban J connectivity index is 1.60. The molecule has 0 aromatic carbocycles. The van der Waals surface area contributed by atoms with Gasteiger partial charge in [0.1, 0.15) is 5.82 Å². The normalized spacial score (nSPS) is 16.4. The molecule has 1 saturated carbocycles. The zero-order valence-corrected chi connectivity index (χ0v) is 16.5. The standard InChI is InChI=1S/C20H25N5O3/c1-11(2)18-21-8-14(12(3)22-18)19(26)24-7-6-16-15(10-24)17(20(27)28)23-25(16)9-13-4-5-13/h8,11,13H,4-7,9-10H2,1-3H3,(H,27,28). The Morgan fingerprint density at radius 3 is 2.68 bits per heavy atom. The Labute approximate surface area is 163 Å². The van der Waals surface area contributed by atoms with Gasteiger partial charge < -0.3 is 10.0 Å². The summed E-state index contributed by atoms with van der Waals surface area (Å²) in [5.74, 6) is 0.301. The van der Waals surface area contributed by atoms with E-state index in [1.165, 1.54) is 12.8 Å². The van der Waals surface area contributed by atoms with Gasteiger partial charge in [0.25, 0.3) is 5.91 Å². The van der Waals surface area contributed by atoms with Gasteiger partial charge in [0, 0.05) is 42.9 Å². The molecular weight excluding hydrogens is 358 g/mol. The average molecular weight is 383 g/mol. The molecule has 0 bridgehead atoms. The zero-order valence-electron chi connectivity index (χ0n) is 16.5. The molecule has 1 aliphatic heterocycles. The molecule has 2 aromatic rings. The van der Waals surface area contributed by atoms with Crippen molar-refractivity contribution in [2.75, 3.05) is 6.54 Å². The predicted molar refractivity (Wildman–Crippen MR) is 101 cm³/mol. The molecule has 4 rings (SSSR count). The predicted octanol–water partition coefficient (Wildman–Crippen LogP) is 2.41. The molecule has 0 atom stereocenters. The Hall–Kier alpha value is -2.77. The van der Waals surface area contributed by atoms with E-state index >= 15 is 0 Å². The van der Waals surface area contributed by atoms with Crippen molar-refractivity contribution < 1.29 is 14.7 Å². The van der Waals surface area contributed by atoms with Crippen LogP contribution < -0.4 is 0 Å². The second kappa shape index (κ2) is 7.00. The number of carbonyl (C=O) groups is 2. The van der Waals surface area contributed by atoms with Crippen molar-refractivity contribution in [3.05, 3.63) is 40.2 Å². The summed E-state index contributed by atoms with van der Waals surface area (Å²) in [5.41, 5.74) is 2.80. The van der Waals surface area contributed by atoms with Gasteiger partial charge >= 0.3 is 5.97 Å². The van der Waals surface area contributed by atoms with Crippen LogP contribution in [0.15, 0.2) is 6.20 Å². The van der Waals surface area contributed by atoms with E-state index in [9.17, 15) is 14.7 Å². The smallest absolute Gasteiger partial charge is 0.356 e. The van der Waals surface area contributed by atoms with Crippen LogP contribution in [0.5, 0.6) is 0 Å². The third-order valence-corrected chi connectivity index (χ3v) is 5.50. The van der Waals surface area contributed by atoms with E-state index in [1.807, 2.05) is 25.5 Å². The third kappa shape index (κ3) is 3.39. The van der Waals surface area contributed by atoms with E-state index in [0.717, 1.165) is 12.2 Å². The first-order chi connectivity index (χ1) is 13.3. The van der Waals surface area contributed by atoms with E-state index in [0.29, 0.717) is 41.5 Å². The Kier molecular flexibility index (Phi) is 4.64. The molecule has 1 fully saturated rings. The molecule has 1 amide bonds. The molecule has 0 spiro atoms. The quantitative estimate of drug-likeness (QED) is 0.851. The van der Waals surface area contributed by atoms with Crippen LogP contribution in [-0.4, -0.2) is 48.2 Å². The summed E-state index contributed by atoms with van der Waals surface area (Å²) in [5, 5.41) is 13.9. The van der Waals surface area contributed by atoms with Crippen LogP contribution >= 0.6 is 0 Å². The van der Waals surface area contributed by atoms with Crippen LogP contribution in [-0.2, 0) is 19.5 Å². The Bertz CT molecular complexity index is 946. The Morgan fingerprint density at radius 1 is 1.32 bits per heavy atom. The second-order valence-corrected chi connectivity index (χ2v) is 8.06. The Morgan fingerprint density at radius 2 is 2.07 bits per heavy atom. The number of carbonyl (C=O) groups excluding carboxylic acids is 1. The first-order valence-electron chi connectivity index (χ1n) is 9.79. The topological polar surface area (TPSA) is 101 Å². The van der Waals surface area contributed by atoms with E-state index in [2.05, 4.69) is 15.1 Å². The summed E-state index contributed by atoms with van der Waals surface area (Å²) in [6.45, 7) is 7.39. The minimum atomic E-state index is -1.04. The van der Waals surface area contributed by atoms with Gasteiger partial charge in [-0.05, 0) is 25.7 Å². The highest BCUT2D eigenvalue weighted by Crippen LogP contribution is 2.33. The molecule has 2 aromatic heterocycles. The fraction of sp³-hybridized carbons (Fsp3) is 0.550. The first-order valence-corrected chi connectivity index (χ1v) is 9.79. The van der Waals surface area contributed by atoms with Gasteiger partial charge in [0.05, 0.1) is 17.8 Å². The second-order valence-electron chi connectivity index (χ2n) is 8.06. The van der Waals surface area contributed by atoms with Gasteiger partial charge in [-0.15, -0.1) is 0 Å². The number of rotatable bonds is 5. The molecule has 0 unspecified atom stereocenters. The van der Waals surface area contributed by atoms with Crippen molar-refractivity contribution >= 4 is 11.9 Å². The molecule has 0 saturated heterocycles. The number of aryl methyl sites for hydroxylation is 1. The molecule has 28 heavy (non-hydrogen) atoms. The zero-order chi connectivity index (χ0) is 20.0.